The van der Waals surface area contributed by atoms with Crippen molar-refractivity contribution in [1.82, 2.24) is 14.3 Å². The highest BCUT2D eigenvalue weighted by Gasteiger charge is 2.17. The minimum Gasteiger partial charge on any atom is -0.386 e. The number of nitrogens with zero attached hydrogens (tertiary/aromatic N) is 4. The summed E-state index contributed by atoms with van der Waals surface area (Å²) in [7, 11) is 3.82. The van der Waals surface area contributed by atoms with Crippen LogP contribution in [-0.4, -0.2) is 32.4 Å². The summed E-state index contributed by atoms with van der Waals surface area (Å²) in [6.45, 7) is 3.24. The minimum absolute atomic E-state index is 0.138. The van der Waals surface area contributed by atoms with Crippen LogP contribution in [0.2, 0.25) is 0 Å². The zero-order valence-electron chi connectivity index (χ0n) is 21.3. The van der Waals surface area contributed by atoms with Crippen LogP contribution in [0.5, 0.6) is 0 Å². The molecule has 2 N–H and O–H groups in total. The molecule has 0 radical (unpaired) electrons. The highest BCUT2D eigenvalue weighted by molar-refractivity contribution is 5.97. The number of amides is 1. The van der Waals surface area contributed by atoms with Gasteiger partial charge in [-0.15, -0.1) is 0 Å². The predicted octanol–water partition coefficient (Wildman–Crippen LogP) is 4.52. The Balaban J connectivity index is 1.46. The summed E-state index contributed by atoms with van der Waals surface area (Å²) in [4.78, 5) is 28.4. The maximum Gasteiger partial charge on any atom is 0.261 e. The molecule has 2 aromatic heterocycles. The van der Waals surface area contributed by atoms with Gasteiger partial charge < -0.3 is 19.9 Å². The van der Waals surface area contributed by atoms with E-state index in [4.69, 9.17) is 0 Å². The first-order chi connectivity index (χ1) is 17.6. The lowest BCUT2D eigenvalue weighted by molar-refractivity contribution is -0.116. The second-order valence-corrected chi connectivity index (χ2v) is 9.75. The van der Waals surface area contributed by atoms with E-state index in [0.717, 1.165) is 27.7 Å². The van der Waals surface area contributed by atoms with Crippen molar-refractivity contribution >= 4 is 44.6 Å². The van der Waals surface area contributed by atoms with Crippen molar-refractivity contribution in [3.05, 3.63) is 95.0 Å². The van der Waals surface area contributed by atoms with Gasteiger partial charge in [0.2, 0.25) is 5.91 Å². The van der Waals surface area contributed by atoms with E-state index in [1.165, 1.54) is 4.57 Å². The number of aryl methyl sites for hydroxylation is 1. The standard InChI is InChI=1S/C29H29N5O3/c1-29(2,37)21-8-6-9-22(16-21)31-26(35)18-34-14-13-19-7-5-10-25(27(19)28(34)36)32(3)23-11-12-24-20(15-23)17-30-33(24)4/h5-17,37H,18H2,1-4H3,(H,31,35). The van der Waals surface area contributed by atoms with Crippen molar-refractivity contribution in [3.8, 4) is 0 Å². The van der Waals surface area contributed by atoms with E-state index in [-0.39, 0.29) is 18.0 Å². The number of benzene rings is 3. The molecule has 1 amide bonds. The van der Waals surface area contributed by atoms with Crippen LogP contribution in [0.4, 0.5) is 17.1 Å². The van der Waals surface area contributed by atoms with Gasteiger partial charge in [-0.2, -0.15) is 5.10 Å². The molecule has 0 saturated carbocycles. The average molecular weight is 496 g/mol. The van der Waals surface area contributed by atoms with E-state index in [1.807, 2.05) is 72.3 Å². The Morgan fingerprint density at radius 3 is 2.62 bits per heavy atom. The van der Waals surface area contributed by atoms with Crippen LogP contribution >= 0.6 is 0 Å². The molecule has 37 heavy (non-hydrogen) atoms. The molecule has 188 valence electrons. The molecule has 0 unspecified atom stereocenters. The SMILES string of the molecule is CN(c1ccc2c(cnn2C)c1)c1cccc2ccn(CC(=O)Nc3cccc(C(C)(C)O)c3)c(=O)c12. The van der Waals surface area contributed by atoms with Crippen molar-refractivity contribution in [1.29, 1.82) is 0 Å². The molecule has 2 heterocycles. The van der Waals surface area contributed by atoms with Crippen LogP contribution < -0.4 is 15.8 Å². The lowest BCUT2D eigenvalue weighted by Gasteiger charge is -2.22. The van der Waals surface area contributed by atoms with Gasteiger partial charge in [-0.25, -0.2) is 0 Å². The Morgan fingerprint density at radius 2 is 1.84 bits per heavy atom. The first-order valence-electron chi connectivity index (χ1n) is 12.0. The third-order valence-electron chi connectivity index (χ3n) is 6.63. The molecule has 8 heteroatoms. The van der Waals surface area contributed by atoms with Gasteiger partial charge in [-0.05, 0) is 67.3 Å². The van der Waals surface area contributed by atoms with E-state index >= 15 is 0 Å². The smallest absolute Gasteiger partial charge is 0.261 e. The number of hydrogen-bond acceptors (Lipinski definition) is 5. The molecule has 0 atom stereocenters. The summed E-state index contributed by atoms with van der Waals surface area (Å²) in [6, 6.07) is 20.7. The number of nitrogens with one attached hydrogen (secondary N) is 1. The Labute approximate surface area is 214 Å². The molecule has 0 bridgehead atoms. The quantitative estimate of drug-likeness (QED) is 0.361. The molecule has 8 nitrogen and oxygen atoms in total. The number of aliphatic hydroxyl groups is 1. The lowest BCUT2D eigenvalue weighted by atomic mass is 9.98. The highest BCUT2D eigenvalue weighted by Crippen LogP contribution is 2.31. The van der Waals surface area contributed by atoms with Crippen LogP contribution in [0.15, 0.2) is 83.9 Å². The molecule has 3 aromatic carbocycles. The summed E-state index contributed by atoms with van der Waals surface area (Å²) in [6.07, 6.45) is 3.46. The monoisotopic (exact) mass is 495 g/mol. The number of fused-ring (bicyclic) bond motifs is 2. The Hall–Kier alpha value is -4.43. The molecule has 0 aliphatic rings. The molecule has 0 aliphatic carbocycles. The minimum atomic E-state index is -1.03. The molecule has 5 rings (SSSR count). The van der Waals surface area contributed by atoms with Crippen LogP contribution in [0, 0.1) is 0 Å². The first kappa shape index (κ1) is 24.3. The van der Waals surface area contributed by atoms with Gasteiger partial charge in [0.25, 0.3) is 5.56 Å². The van der Waals surface area contributed by atoms with Crippen molar-refractivity contribution in [2.75, 3.05) is 17.3 Å². The number of hydrogen-bond donors (Lipinski definition) is 2. The normalized spacial score (nSPS) is 11.7. The number of rotatable bonds is 6. The van der Waals surface area contributed by atoms with Gasteiger partial charge in [-0.3, -0.25) is 14.3 Å². The number of pyridine rings is 1. The third-order valence-corrected chi connectivity index (χ3v) is 6.63. The van der Waals surface area contributed by atoms with E-state index < -0.39 is 5.60 Å². The number of anilines is 3. The van der Waals surface area contributed by atoms with Gasteiger partial charge >= 0.3 is 0 Å². The zero-order valence-corrected chi connectivity index (χ0v) is 21.3. The maximum absolute atomic E-state index is 13.6. The summed E-state index contributed by atoms with van der Waals surface area (Å²) in [5.74, 6) is -0.331. The average Bonchev–Trinajstić information content (AvgIpc) is 3.24. The van der Waals surface area contributed by atoms with Crippen molar-refractivity contribution in [2.24, 2.45) is 7.05 Å². The summed E-state index contributed by atoms with van der Waals surface area (Å²) >= 11 is 0. The lowest BCUT2D eigenvalue weighted by Crippen LogP contribution is -2.28. The predicted molar refractivity (Wildman–Crippen MR) is 147 cm³/mol. The summed E-state index contributed by atoms with van der Waals surface area (Å²) in [5.41, 5.74) is 2.67. The van der Waals surface area contributed by atoms with Gasteiger partial charge in [0.05, 0.1) is 28.4 Å². The summed E-state index contributed by atoms with van der Waals surface area (Å²) in [5, 5.41) is 19.7. The van der Waals surface area contributed by atoms with Crippen LogP contribution in [0.1, 0.15) is 19.4 Å². The van der Waals surface area contributed by atoms with E-state index in [2.05, 4.69) is 10.4 Å². The van der Waals surface area contributed by atoms with Crippen molar-refractivity contribution < 1.29 is 9.90 Å². The highest BCUT2D eigenvalue weighted by atomic mass is 16.3. The zero-order chi connectivity index (χ0) is 26.3. The fraction of sp³-hybridized carbons (Fsp3) is 0.207. The fourth-order valence-electron chi connectivity index (χ4n) is 4.55. The van der Waals surface area contributed by atoms with E-state index in [0.29, 0.717) is 16.6 Å². The molecule has 5 aromatic rings. The molecule has 0 spiro atoms. The van der Waals surface area contributed by atoms with Crippen LogP contribution in [0.3, 0.4) is 0 Å². The topological polar surface area (TPSA) is 92.4 Å². The number of carbonyl (C=O) groups is 1. The molecule has 0 fully saturated rings. The van der Waals surface area contributed by atoms with Crippen LogP contribution in [-0.2, 0) is 24.0 Å². The fourth-order valence-corrected chi connectivity index (χ4v) is 4.55. The molecule has 0 aliphatic heterocycles. The van der Waals surface area contributed by atoms with E-state index in [9.17, 15) is 14.7 Å². The Morgan fingerprint density at radius 1 is 1.05 bits per heavy atom. The largest absolute Gasteiger partial charge is 0.386 e. The van der Waals surface area contributed by atoms with Crippen LogP contribution in [0.25, 0.3) is 21.7 Å². The second-order valence-electron chi connectivity index (χ2n) is 9.75. The van der Waals surface area contributed by atoms with E-state index in [1.54, 1.807) is 44.3 Å². The van der Waals surface area contributed by atoms with Crippen molar-refractivity contribution in [3.63, 3.8) is 0 Å². The summed E-state index contributed by atoms with van der Waals surface area (Å²) < 4.78 is 3.24. The van der Waals surface area contributed by atoms with Gasteiger partial charge in [0, 0.05) is 37.1 Å². The van der Waals surface area contributed by atoms with Gasteiger partial charge in [0.15, 0.2) is 0 Å². The number of carbonyl (C=O) groups excluding carboxylic acids is 1. The first-order valence-corrected chi connectivity index (χ1v) is 12.0. The maximum atomic E-state index is 13.6. The Bertz CT molecular complexity index is 1690. The van der Waals surface area contributed by atoms with Gasteiger partial charge in [-0.1, -0.05) is 24.3 Å². The third kappa shape index (κ3) is 4.71. The Kier molecular flexibility index (Phi) is 6.05. The van der Waals surface area contributed by atoms with Crippen molar-refractivity contribution in [2.45, 2.75) is 26.0 Å². The number of aromatic nitrogens is 3. The van der Waals surface area contributed by atoms with Gasteiger partial charge in [0.1, 0.15) is 6.54 Å². The molecular formula is C29H29N5O3. The second kappa shape index (κ2) is 9.22. The molecular weight excluding hydrogens is 466 g/mol. The molecule has 0 saturated heterocycles.